The Balaban J connectivity index is 2.11. The van der Waals surface area contributed by atoms with Crippen LogP contribution in [0.15, 0.2) is 22.9 Å². The molecule has 0 atom stereocenters. The van der Waals surface area contributed by atoms with E-state index in [1.165, 1.54) is 37.7 Å². The maximum atomic E-state index is 6.19. The Labute approximate surface area is 111 Å². The van der Waals surface area contributed by atoms with E-state index in [-0.39, 0.29) is 0 Å². The number of pyridine rings is 1. The third-order valence-corrected chi connectivity index (χ3v) is 4.54. The van der Waals surface area contributed by atoms with Gasteiger partial charge in [0.25, 0.3) is 0 Å². The molecule has 1 saturated carbocycles. The number of hydrogen-bond donors (Lipinski definition) is 0. The van der Waals surface area contributed by atoms with Crippen molar-refractivity contribution in [3.8, 4) is 0 Å². The molecule has 1 aromatic rings. The SMILES string of the molecule is ClCC1(Cc2cncc(Br)c2)CCCCC1. The molecule has 0 amide bonds. The maximum Gasteiger partial charge on any atom is 0.0410 e. The normalized spacial score (nSPS) is 19.6. The Morgan fingerprint density at radius 3 is 2.62 bits per heavy atom. The summed E-state index contributed by atoms with van der Waals surface area (Å²) >= 11 is 9.67. The fraction of sp³-hybridized carbons (Fsp3) is 0.615. The van der Waals surface area contributed by atoms with Gasteiger partial charge in [-0.15, -0.1) is 11.6 Å². The van der Waals surface area contributed by atoms with Gasteiger partial charge in [0, 0.05) is 22.7 Å². The topological polar surface area (TPSA) is 12.9 Å². The fourth-order valence-corrected chi connectivity index (χ4v) is 3.42. The van der Waals surface area contributed by atoms with Crippen LogP contribution in [0.5, 0.6) is 0 Å². The Kier molecular flexibility index (Phi) is 4.26. The van der Waals surface area contributed by atoms with Gasteiger partial charge in [-0.2, -0.15) is 0 Å². The molecule has 1 aromatic heterocycles. The number of alkyl halides is 1. The quantitative estimate of drug-likeness (QED) is 0.745. The maximum absolute atomic E-state index is 6.19. The second-order valence-corrected chi connectivity index (χ2v) is 6.07. The summed E-state index contributed by atoms with van der Waals surface area (Å²) < 4.78 is 1.06. The first kappa shape index (κ1) is 12.4. The highest BCUT2D eigenvalue weighted by atomic mass is 79.9. The van der Waals surface area contributed by atoms with Crippen molar-refractivity contribution < 1.29 is 0 Å². The smallest absolute Gasteiger partial charge is 0.0410 e. The van der Waals surface area contributed by atoms with Crippen molar-refractivity contribution in [3.05, 3.63) is 28.5 Å². The molecule has 0 N–H and O–H groups in total. The van der Waals surface area contributed by atoms with Crippen LogP contribution in [-0.4, -0.2) is 10.9 Å². The molecule has 3 heteroatoms. The van der Waals surface area contributed by atoms with E-state index >= 15 is 0 Å². The molecular weight excluding hydrogens is 286 g/mol. The van der Waals surface area contributed by atoms with Crippen molar-refractivity contribution in [2.45, 2.75) is 38.5 Å². The standard InChI is InChI=1S/C13H17BrClN/c14-12-6-11(8-16-9-12)7-13(10-15)4-2-1-3-5-13/h6,8-9H,1-5,7,10H2. The molecular formula is C13H17BrClN. The lowest BCUT2D eigenvalue weighted by Gasteiger charge is -2.35. The van der Waals surface area contributed by atoms with Crippen LogP contribution in [0.3, 0.4) is 0 Å². The van der Waals surface area contributed by atoms with Crippen molar-refractivity contribution in [2.24, 2.45) is 5.41 Å². The molecule has 1 aliphatic carbocycles. The molecule has 1 heterocycles. The highest BCUT2D eigenvalue weighted by Crippen LogP contribution is 2.40. The predicted octanol–water partition coefficient (Wildman–Crippen LogP) is 4.58. The average Bonchev–Trinajstić information content (AvgIpc) is 2.30. The second-order valence-electron chi connectivity index (χ2n) is 4.88. The van der Waals surface area contributed by atoms with Crippen LogP contribution in [0, 0.1) is 5.41 Å². The minimum atomic E-state index is 0.322. The third-order valence-electron chi connectivity index (χ3n) is 3.54. The minimum Gasteiger partial charge on any atom is -0.263 e. The van der Waals surface area contributed by atoms with E-state index in [1.54, 1.807) is 0 Å². The van der Waals surface area contributed by atoms with Gasteiger partial charge in [0.05, 0.1) is 0 Å². The largest absolute Gasteiger partial charge is 0.263 e. The van der Waals surface area contributed by atoms with Gasteiger partial charge in [0.2, 0.25) is 0 Å². The van der Waals surface area contributed by atoms with Crippen LogP contribution in [0.25, 0.3) is 0 Å². The Morgan fingerprint density at radius 1 is 1.25 bits per heavy atom. The summed E-state index contributed by atoms with van der Waals surface area (Å²) in [6, 6.07) is 2.16. The summed E-state index contributed by atoms with van der Waals surface area (Å²) in [6.07, 6.45) is 11.4. The van der Waals surface area contributed by atoms with Gasteiger partial charge in [-0.3, -0.25) is 4.98 Å². The zero-order valence-electron chi connectivity index (χ0n) is 9.38. The fourth-order valence-electron chi connectivity index (χ4n) is 2.64. The zero-order chi connectivity index (χ0) is 11.4. The summed E-state index contributed by atoms with van der Waals surface area (Å²) in [5.41, 5.74) is 1.62. The summed E-state index contributed by atoms with van der Waals surface area (Å²) in [4.78, 5) is 4.23. The van der Waals surface area contributed by atoms with Crippen molar-refractivity contribution in [3.63, 3.8) is 0 Å². The number of aromatic nitrogens is 1. The van der Waals surface area contributed by atoms with Gasteiger partial charge < -0.3 is 0 Å². The molecule has 1 aliphatic rings. The molecule has 1 fully saturated rings. The molecule has 1 nitrogen and oxygen atoms in total. The lowest BCUT2D eigenvalue weighted by molar-refractivity contribution is 0.219. The van der Waals surface area contributed by atoms with Crippen molar-refractivity contribution >= 4 is 27.5 Å². The number of hydrogen-bond acceptors (Lipinski definition) is 1. The van der Waals surface area contributed by atoms with Crippen molar-refractivity contribution in [1.82, 2.24) is 4.98 Å². The number of halogens is 2. The van der Waals surface area contributed by atoms with E-state index in [2.05, 4.69) is 27.0 Å². The highest BCUT2D eigenvalue weighted by molar-refractivity contribution is 9.10. The predicted molar refractivity (Wildman–Crippen MR) is 71.9 cm³/mol. The van der Waals surface area contributed by atoms with Gasteiger partial charge in [0.1, 0.15) is 0 Å². The van der Waals surface area contributed by atoms with Crippen molar-refractivity contribution in [1.29, 1.82) is 0 Å². The van der Waals surface area contributed by atoms with E-state index in [9.17, 15) is 0 Å². The van der Waals surface area contributed by atoms with Crippen LogP contribution >= 0.6 is 27.5 Å². The Bertz CT molecular complexity index is 348. The zero-order valence-corrected chi connectivity index (χ0v) is 11.7. The minimum absolute atomic E-state index is 0.322. The average molecular weight is 303 g/mol. The van der Waals surface area contributed by atoms with E-state index in [0.29, 0.717) is 5.41 Å². The third kappa shape index (κ3) is 2.98. The van der Waals surface area contributed by atoms with E-state index in [4.69, 9.17) is 11.6 Å². The van der Waals surface area contributed by atoms with E-state index in [0.717, 1.165) is 16.8 Å². The first-order valence-corrected chi connectivity index (χ1v) is 7.22. The molecule has 0 aliphatic heterocycles. The summed E-state index contributed by atoms with van der Waals surface area (Å²) in [5.74, 6) is 0.777. The van der Waals surface area contributed by atoms with Crippen LogP contribution < -0.4 is 0 Å². The monoisotopic (exact) mass is 301 g/mol. The van der Waals surface area contributed by atoms with Gasteiger partial charge >= 0.3 is 0 Å². The first-order valence-electron chi connectivity index (χ1n) is 5.90. The highest BCUT2D eigenvalue weighted by Gasteiger charge is 2.31. The Hall–Kier alpha value is -0.0800. The molecule has 0 radical (unpaired) electrons. The van der Waals surface area contributed by atoms with Crippen molar-refractivity contribution in [2.75, 3.05) is 5.88 Å². The number of rotatable bonds is 3. The van der Waals surface area contributed by atoms with Gasteiger partial charge in [0.15, 0.2) is 0 Å². The molecule has 0 spiro atoms. The molecule has 0 bridgehead atoms. The lowest BCUT2D eigenvalue weighted by atomic mass is 9.72. The molecule has 0 aromatic carbocycles. The van der Waals surface area contributed by atoms with Crippen LogP contribution in [0.4, 0.5) is 0 Å². The van der Waals surface area contributed by atoms with Gasteiger partial charge in [-0.25, -0.2) is 0 Å². The second kappa shape index (κ2) is 5.50. The van der Waals surface area contributed by atoms with E-state index in [1.807, 2.05) is 12.4 Å². The van der Waals surface area contributed by atoms with Crippen LogP contribution in [0.2, 0.25) is 0 Å². The molecule has 16 heavy (non-hydrogen) atoms. The summed E-state index contributed by atoms with van der Waals surface area (Å²) in [6.45, 7) is 0. The van der Waals surface area contributed by atoms with E-state index < -0.39 is 0 Å². The van der Waals surface area contributed by atoms with Gasteiger partial charge in [-0.05, 0) is 52.2 Å². The number of nitrogens with zero attached hydrogens (tertiary/aromatic N) is 1. The Morgan fingerprint density at radius 2 is 2.00 bits per heavy atom. The molecule has 88 valence electrons. The molecule has 2 rings (SSSR count). The lowest BCUT2D eigenvalue weighted by Crippen LogP contribution is -2.28. The van der Waals surface area contributed by atoms with Crippen LogP contribution in [-0.2, 0) is 6.42 Å². The summed E-state index contributed by atoms with van der Waals surface area (Å²) in [5, 5.41) is 0. The molecule has 0 saturated heterocycles. The molecule has 0 unspecified atom stereocenters. The summed E-state index contributed by atoms with van der Waals surface area (Å²) in [7, 11) is 0. The van der Waals surface area contributed by atoms with Gasteiger partial charge in [-0.1, -0.05) is 19.3 Å². The first-order chi connectivity index (χ1) is 7.74. The van der Waals surface area contributed by atoms with Crippen LogP contribution in [0.1, 0.15) is 37.7 Å².